The number of nitrogens with one attached hydrogen (secondary N) is 1. The molecule has 0 radical (unpaired) electrons. The van der Waals surface area contributed by atoms with E-state index in [1.807, 2.05) is 13.0 Å². The fourth-order valence-electron chi connectivity index (χ4n) is 1.68. The molecule has 0 saturated carbocycles. The normalized spacial score (nSPS) is 11.0. The molecule has 18 heavy (non-hydrogen) atoms. The van der Waals surface area contributed by atoms with Gasteiger partial charge >= 0.3 is 0 Å². The predicted molar refractivity (Wildman–Crippen MR) is 76.9 cm³/mol. The van der Waals surface area contributed by atoms with Crippen molar-refractivity contribution in [3.63, 3.8) is 0 Å². The van der Waals surface area contributed by atoms with Crippen molar-refractivity contribution in [3.05, 3.63) is 17.5 Å². The number of hydrogen-bond acceptors (Lipinski definition) is 4. The van der Waals surface area contributed by atoms with Gasteiger partial charge in [0.2, 0.25) is 5.95 Å². The van der Waals surface area contributed by atoms with Crippen molar-refractivity contribution in [2.24, 2.45) is 5.92 Å². The third-order valence-electron chi connectivity index (χ3n) is 2.83. The van der Waals surface area contributed by atoms with E-state index >= 15 is 0 Å². The molecule has 0 fully saturated rings. The maximum atomic E-state index is 4.60. The lowest BCUT2D eigenvalue weighted by Crippen LogP contribution is -2.23. The van der Waals surface area contributed by atoms with Gasteiger partial charge in [-0.1, -0.05) is 20.8 Å². The van der Waals surface area contributed by atoms with E-state index in [1.165, 1.54) is 0 Å². The number of hydrogen-bond donors (Lipinski definition) is 1. The van der Waals surface area contributed by atoms with Crippen LogP contribution in [0.1, 0.15) is 38.6 Å². The van der Waals surface area contributed by atoms with Crippen molar-refractivity contribution in [2.45, 2.75) is 40.7 Å². The minimum Gasteiger partial charge on any atom is -0.344 e. The molecule has 0 bridgehead atoms. The number of nitrogens with zero attached hydrogens (tertiary/aromatic N) is 3. The van der Waals surface area contributed by atoms with Crippen LogP contribution in [0, 0.1) is 12.8 Å². The molecule has 1 aromatic heterocycles. The van der Waals surface area contributed by atoms with Gasteiger partial charge in [0.25, 0.3) is 0 Å². The molecule has 0 atom stereocenters. The van der Waals surface area contributed by atoms with E-state index in [-0.39, 0.29) is 0 Å². The molecule has 0 aliphatic rings. The molecule has 0 saturated heterocycles. The number of aryl methyl sites for hydroxylation is 1. The first-order chi connectivity index (χ1) is 8.52. The molecule has 1 heterocycles. The van der Waals surface area contributed by atoms with Gasteiger partial charge < -0.3 is 10.2 Å². The molecule has 1 rings (SSSR count). The zero-order valence-electron chi connectivity index (χ0n) is 12.3. The average molecular weight is 250 g/mol. The molecule has 0 amide bonds. The molecule has 102 valence electrons. The largest absolute Gasteiger partial charge is 0.344 e. The molecule has 4 heteroatoms. The molecule has 4 nitrogen and oxygen atoms in total. The fourth-order valence-corrected chi connectivity index (χ4v) is 1.68. The molecule has 1 aromatic rings. The standard InChI is InChI=1S/C14H26N4/c1-6-15-10-13-9-12(4)16-14(17-13)18(5)8-7-11(2)3/h9,11,15H,6-8,10H2,1-5H3. The summed E-state index contributed by atoms with van der Waals surface area (Å²) in [5, 5.41) is 3.30. The van der Waals surface area contributed by atoms with Crippen LogP contribution >= 0.6 is 0 Å². The summed E-state index contributed by atoms with van der Waals surface area (Å²) in [6.07, 6.45) is 1.16. The zero-order chi connectivity index (χ0) is 13.5. The molecular formula is C14H26N4. The van der Waals surface area contributed by atoms with Gasteiger partial charge in [0, 0.05) is 25.8 Å². The summed E-state index contributed by atoms with van der Waals surface area (Å²) in [4.78, 5) is 11.2. The van der Waals surface area contributed by atoms with Crippen molar-refractivity contribution >= 4 is 5.95 Å². The lowest BCUT2D eigenvalue weighted by Gasteiger charge is -2.19. The highest BCUT2D eigenvalue weighted by atomic mass is 15.2. The Morgan fingerprint density at radius 1 is 1.33 bits per heavy atom. The highest BCUT2D eigenvalue weighted by Gasteiger charge is 2.07. The first-order valence-corrected chi connectivity index (χ1v) is 6.79. The molecule has 0 aliphatic heterocycles. The molecule has 0 aliphatic carbocycles. The Morgan fingerprint density at radius 2 is 2.06 bits per heavy atom. The predicted octanol–water partition coefficient (Wildman–Crippen LogP) is 2.38. The van der Waals surface area contributed by atoms with Gasteiger partial charge in [-0.3, -0.25) is 0 Å². The fraction of sp³-hybridized carbons (Fsp3) is 0.714. The van der Waals surface area contributed by atoms with Crippen LogP contribution in [0.3, 0.4) is 0 Å². The van der Waals surface area contributed by atoms with Crippen LogP contribution in [0.4, 0.5) is 5.95 Å². The quantitative estimate of drug-likeness (QED) is 0.806. The second kappa shape index (κ2) is 7.31. The second-order valence-corrected chi connectivity index (χ2v) is 5.19. The maximum Gasteiger partial charge on any atom is 0.225 e. The Balaban J connectivity index is 2.71. The molecule has 0 aromatic carbocycles. The lowest BCUT2D eigenvalue weighted by atomic mass is 10.1. The van der Waals surface area contributed by atoms with E-state index in [1.54, 1.807) is 0 Å². The van der Waals surface area contributed by atoms with E-state index < -0.39 is 0 Å². The molecular weight excluding hydrogens is 224 g/mol. The van der Waals surface area contributed by atoms with Crippen molar-refractivity contribution in [3.8, 4) is 0 Å². The lowest BCUT2D eigenvalue weighted by molar-refractivity contribution is 0.580. The zero-order valence-corrected chi connectivity index (χ0v) is 12.3. The van der Waals surface area contributed by atoms with Crippen molar-refractivity contribution in [2.75, 3.05) is 25.0 Å². The van der Waals surface area contributed by atoms with Gasteiger partial charge in [-0.2, -0.15) is 0 Å². The molecule has 0 unspecified atom stereocenters. The summed E-state index contributed by atoms with van der Waals surface area (Å²) in [5.74, 6) is 1.54. The van der Waals surface area contributed by atoms with E-state index in [4.69, 9.17) is 0 Å². The molecule has 1 N–H and O–H groups in total. The van der Waals surface area contributed by atoms with Crippen LogP contribution in [0.5, 0.6) is 0 Å². The van der Waals surface area contributed by atoms with Gasteiger partial charge in [0.1, 0.15) is 0 Å². The minimum atomic E-state index is 0.707. The van der Waals surface area contributed by atoms with Crippen LogP contribution in [-0.2, 0) is 6.54 Å². The number of rotatable bonds is 7. The first kappa shape index (κ1) is 14.9. The Morgan fingerprint density at radius 3 is 2.67 bits per heavy atom. The highest BCUT2D eigenvalue weighted by molar-refractivity contribution is 5.31. The molecule has 0 spiro atoms. The second-order valence-electron chi connectivity index (χ2n) is 5.19. The SMILES string of the molecule is CCNCc1cc(C)nc(N(C)CCC(C)C)n1. The Bertz CT molecular complexity index is 363. The van der Waals surface area contributed by atoms with E-state index in [9.17, 15) is 0 Å². The van der Waals surface area contributed by atoms with Crippen LogP contribution in [0.2, 0.25) is 0 Å². The van der Waals surface area contributed by atoms with Gasteiger partial charge in [0.15, 0.2) is 0 Å². The van der Waals surface area contributed by atoms with Gasteiger partial charge in [0.05, 0.1) is 5.69 Å². The van der Waals surface area contributed by atoms with Crippen molar-refractivity contribution < 1.29 is 0 Å². The Hall–Kier alpha value is -1.16. The Kier molecular flexibility index (Phi) is 6.05. The van der Waals surface area contributed by atoms with Gasteiger partial charge in [-0.15, -0.1) is 0 Å². The number of anilines is 1. The summed E-state index contributed by atoms with van der Waals surface area (Å²) in [5.41, 5.74) is 2.10. The number of aromatic nitrogens is 2. The summed E-state index contributed by atoms with van der Waals surface area (Å²) in [6, 6.07) is 2.04. The van der Waals surface area contributed by atoms with Crippen molar-refractivity contribution in [1.82, 2.24) is 15.3 Å². The average Bonchev–Trinajstić information content (AvgIpc) is 2.32. The van der Waals surface area contributed by atoms with Crippen LogP contribution in [-0.4, -0.2) is 30.1 Å². The van der Waals surface area contributed by atoms with Gasteiger partial charge in [-0.25, -0.2) is 9.97 Å². The van der Waals surface area contributed by atoms with Gasteiger partial charge in [-0.05, 0) is 31.9 Å². The van der Waals surface area contributed by atoms with Crippen LogP contribution in [0.25, 0.3) is 0 Å². The van der Waals surface area contributed by atoms with E-state index in [2.05, 4.69) is 48.0 Å². The highest BCUT2D eigenvalue weighted by Crippen LogP contribution is 2.11. The minimum absolute atomic E-state index is 0.707. The third-order valence-corrected chi connectivity index (χ3v) is 2.83. The van der Waals surface area contributed by atoms with Crippen molar-refractivity contribution in [1.29, 1.82) is 0 Å². The summed E-state index contributed by atoms with van der Waals surface area (Å²) in [6.45, 7) is 11.4. The third kappa shape index (κ3) is 5.00. The smallest absolute Gasteiger partial charge is 0.225 e. The maximum absolute atomic E-state index is 4.60. The summed E-state index contributed by atoms with van der Waals surface area (Å²) >= 11 is 0. The Labute approximate surface area is 111 Å². The van der Waals surface area contributed by atoms with E-state index in [0.717, 1.165) is 43.4 Å². The monoisotopic (exact) mass is 250 g/mol. The first-order valence-electron chi connectivity index (χ1n) is 6.79. The van der Waals surface area contributed by atoms with E-state index in [0.29, 0.717) is 5.92 Å². The summed E-state index contributed by atoms with van der Waals surface area (Å²) in [7, 11) is 2.06. The topological polar surface area (TPSA) is 41.1 Å². The van der Waals surface area contributed by atoms with Crippen LogP contribution in [0.15, 0.2) is 6.07 Å². The summed E-state index contributed by atoms with van der Waals surface area (Å²) < 4.78 is 0. The van der Waals surface area contributed by atoms with Crippen LogP contribution < -0.4 is 10.2 Å².